The molecule has 0 bridgehead atoms. The van der Waals surface area contributed by atoms with E-state index in [-0.39, 0.29) is 12.2 Å². The zero-order valence-corrected chi connectivity index (χ0v) is 15.9. The van der Waals surface area contributed by atoms with Crippen LogP contribution in [0.5, 0.6) is 5.75 Å². The van der Waals surface area contributed by atoms with Gasteiger partial charge in [0.1, 0.15) is 17.9 Å². The fourth-order valence-corrected chi connectivity index (χ4v) is 3.06. The van der Waals surface area contributed by atoms with E-state index in [2.05, 4.69) is 11.5 Å². The molecule has 1 aliphatic rings. The molecule has 146 valence electrons. The zero-order valence-electron chi connectivity index (χ0n) is 15.9. The van der Waals surface area contributed by atoms with Crippen LogP contribution >= 0.6 is 0 Å². The first-order chi connectivity index (χ1) is 14.7. The van der Waals surface area contributed by atoms with Gasteiger partial charge in [-0.05, 0) is 42.0 Å². The van der Waals surface area contributed by atoms with Crippen LogP contribution in [0.3, 0.4) is 0 Å². The second-order valence-electron chi connectivity index (χ2n) is 6.60. The molecule has 1 N–H and O–H groups in total. The first-order valence-electron chi connectivity index (χ1n) is 9.29. The number of ether oxygens (including phenoxy) is 1. The Bertz CT molecular complexity index is 1160. The molecule has 1 aliphatic heterocycles. The second-order valence-corrected chi connectivity index (χ2v) is 6.60. The predicted molar refractivity (Wildman–Crippen MR) is 112 cm³/mol. The van der Waals surface area contributed by atoms with Gasteiger partial charge in [0.05, 0.1) is 17.3 Å². The number of carbonyl (C=O) groups is 2. The van der Waals surface area contributed by atoms with Crippen molar-refractivity contribution in [2.45, 2.75) is 6.61 Å². The van der Waals surface area contributed by atoms with Crippen molar-refractivity contribution >= 4 is 23.6 Å². The SMILES string of the molecule is N#Cc1ccccc1COc1ccc(/C=C2\C(=O)NN(c3ccccc3)C2=O)cc1. The Kier molecular flexibility index (Phi) is 5.27. The van der Waals surface area contributed by atoms with Gasteiger partial charge in [-0.15, -0.1) is 0 Å². The highest BCUT2D eigenvalue weighted by Gasteiger charge is 2.34. The van der Waals surface area contributed by atoms with Crippen molar-refractivity contribution in [2.24, 2.45) is 0 Å². The maximum atomic E-state index is 12.6. The van der Waals surface area contributed by atoms with E-state index in [1.165, 1.54) is 5.01 Å². The summed E-state index contributed by atoms with van der Waals surface area (Å²) >= 11 is 0. The second kappa shape index (κ2) is 8.33. The summed E-state index contributed by atoms with van der Waals surface area (Å²) in [6.45, 7) is 0.275. The number of nitrogens with zero attached hydrogens (tertiary/aromatic N) is 2. The van der Waals surface area contributed by atoms with Crippen molar-refractivity contribution in [3.63, 3.8) is 0 Å². The monoisotopic (exact) mass is 395 g/mol. The molecule has 6 heteroatoms. The standard InChI is InChI=1S/C24H17N3O3/c25-15-18-6-4-5-7-19(18)16-30-21-12-10-17(11-13-21)14-22-23(28)26-27(24(22)29)20-8-2-1-3-9-20/h1-14H,16H2,(H,26,28)/b22-14+. The van der Waals surface area contributed by atoms with E-state index in [1.807, 2.05) is 24.3 Å². The summed E-state index contributed by atoms with van der Waals surface area (Å²) in [6, 6.07) is 25.4. The van der Waals surface area contributed by atoms with E-state index in [0.29, 0.717) is 22.6 Å². The number of hydrogen-bond acceptors (Lipinski definition) is 4. The Morgan fingerprint density at radius 2 is 1.63 bits per heavy atom. The maximum absolute atomic E-state index is 12.6. The number of amides is 2. The van der Waals surface area contributed by atoms with Crippen LogP contribution in [-0.4, -0.2) is 11.8 Å². The molecule has 4 rings (SSSR count). The molecule has 0 saturated carbocycles. The minimum absolute atomic E-state index is 0.0652. The van der Waals surface area contributed by atoms with Crippen LogP contribution in [0.25, 0.3) is 6.08 Å². The van der Waals surface area contributed by atoms with Crippen LogP contribution in [0, 0.1) is 11.3 Å². The predicted octanol–water partition coefficient (Wildman–Crippen LogP) is 3.60. The van der Waals surface area contributed by atoms with Gasteiger partial charge < -0.3 is 4.74 Å². The van der Waals surface area contributed by atoms with E-state index in [4.69, 9.17) is 10.00 Å². The summed E-state index contributed by atoms with van der Waals surface area (Å²) in [4.78, 5) is 24.9. The molecule has 0 unspecified atom stereocenters. The van der Waals surface area contributed by atoms with Gasteiger partial charge in [-0.3, -0.25) is 15.0 Å². The number of hydrogen-bond donors (Lipinski definition) is 1. The van der Waals surface area contributed by atoms with Crippen molar-refractivity contribution in [1.82, 2.24) is 5.43 Å². The lowest BCUT2D eigenvalue weighted by atomic mass is 10.1. The lowest BCUT2D eigenvalue weighted by Crippen LogP contribution is -2.35. The highest BCUT2D eigenvalue weighted by molar-refractivity contribution is 6.31. The topological polar surface area (TPSA) is 82.4 Å². The summed E-state index contributed by atoms with van der Waals surface area (Å²) < 4.78 is 5.75. The molecule has 3 aromatic rings. The Balaban J connectivity index is 1.46. The molecule has 0 aliphatic carbocycles. The molecule has 6 nitrogen and oxygen atoms in total. The van der Waals surface area contributed by atoms with E-state index < -0.39 is 11.8 Å². The average Bonchev–Trinajstić information content (AvgIpc) is 3.07. The third-order valence-electron chi connectivity index (χ3n) is 4.63. The lowest BCUT2D eigenvalue weighted by molar-refractivity contribution is -0.117. The zero-order chi connectivity index (χ0) is 20.9. The van der Waals surface area contributed by atoms with Crippen molar-refractivity contribution in [2.75, 3.05) is 5.01 Å². The van der Waals surface area contributed by atoms with Crippen molar-refractivity contribution in [1.29, 1.82) is 5.26 Å². The van der Waals surface area contributed by atoms with Crippen LogP contribution in [0.15, 0.2) is 84.4 Å². The fraction of sp³-hybridized carbons (Fsp3) is 0.0417. The Morgan fingerprint density at radius 1 is 0.933 bits per heavy atom. The van der Waals surface area contributed by atoms with Crippen LogP contribution in [0.4, 0.5) is 5.69 Å². The Labute approximate surface area is 173 Å². The number of anilines is 1. The maximum Gasteiger partial charge on any atom is 0.282 e. The van der Waals surface area contributed by atoms with Gasteiger partial charge in [-0.1, -0.05) is 48.5 Å². The Morgan fingerprint density at radius 3 is 2.37 bits per heavy atom. The van der Waals surface area contributed by atoms with Gasteiger partial charge in [0, 0.05) is 5.56 Å². The summed E-state index contributed by atoms with van der Waals surface area (Å²) in [5, 5.41) is 10.4. The number of benzene rings is 3. The largest absolute Gasteiger partial charge is 0.489 e. The summed E-state index contributed by atoms with van der Waals surface area (Å²) in [5.41, 5.74) is 5.32. The van der Waals surface area contributed by atoms with Gasteiger partial charge in [0.2, 0.25) is 0 Å². The van der Waals surface area contributed by atoms with Gasteiger partial charge >= 0.3 is 0 Å². The molecular weight excluding hydrogens is 378 g/mol. The molecule has 0 spiro atoms. The number of carbonyl (C=O) groups excluding carboxylic acids is 2. The third kappa shape index (κ3) is 3.91. The van der Waals surface area contributed by atoms with Crippen molar-refractivity contribution < 1.29 is 14.3 Å². The lowest BCUT2D eigenvalue weighted by Gasteiger charge is -2.13. The molecule has 0 radical (unpaired) electrons. The van der Waals surface area contributed by atoms with Crippen LogP contribution in [0.1, 0.15) is 16.7 Å². The molecule has 0 aromatic heterocycles. The van der Waals surface area contributed by atoms with E-state index >= 15 is 0 Å². The number of para-hydroxylation sites is 1. The first-order valence-corrected chi connectivity index (χ1v) is 9.29. The van der Waals surface area contributed by atoms with Crippen molar-refractivity contribution in [3.05, 3.63) is 101 Å². The van der Waals surface area contributed by atoms with Crippen molar-refractivity contribution in [3.8, 4) is 11.8 Å². The van der Waals surface area contributed by atoms with E-state index in [1.54, 1.807) is 60.7 Å². The number of hydrazine groups is 1. The first kappa shape index (κ1) is 19.0. The normalized spacial score (nSPS) is 14.5. The molecule has 1 saturated heterocycles. The van der Waals surface area contributed by atoms with Crippen LogP contribution < -0.4 is 15.2 Å². The molecular formula is C24H17N3O3. The molecule has 1 heterocycles. The quantitative estimate of drug-likeness (QED) is 0.529. The number of rotatable bonds is 5. The highest BCUT2D eigenvalue weighted by atomic mass is 16.5. The molecule has 2 amide bonds. The average molecular weight is 395 g/mol. The van der Waals surface area contributed by atoms with E-state index in [9.17, 15) is 9.59 Å². The number of nitriles is 1. The number of nitrogens with one attached hydrogen (secondary N) is 1. The van der Waals surface area contributed by atoms with Gasteiger partial charge in [0.25, 0.3) is 11.8 Å². The van der Waals surface area contributed by atoms with E-state index in [0.717, 1.165) is 5.56 Å². The highest BCUT2D eigenvalue weighted by Crippen LogP contribution is 2.22. The third-order valence-corrected chi connectivity index (χ3v) is 4.63. The minimum Gasteiger partial charge on any atom is -0.489 e. The molecule has 3 aromatic carbocycles. The van der Waals surface area contributed by atoms with Gasteiger partial charge in [-0.25, -0.2) is 5.01 Å². The fourth-order valence-electron chi connectivity index (χ4n) is 3.06. The summed E-state index contributed by atoms with van der Waals surface area (Å²) in [5.74, 6) is -0.227. The Hall–Kier alpha value is -4.37. The molecule has 0 atom stereocenters. The van der Waals surface area contributed by atoms with Gasteiger partial charge in [-0.2, -0.15) is 5.26 Å². The van der Waals surface area contributed by atoms with Crippen LogP contribution in [0.2, 0.25) is 0 Å². The molecule has 1 fully saturated rings. The smallest absolute Gasteiger partial charge is 0.282 e. The summed E-state index contributed by atoms with van der Waals surface area (Å²) in [7, 11) is 0. The van der Waals surface area contributed by atoms with Gasteiger partial charge in [0.15, 0.2) is 0 Å². The minimum atomic E-state index is -0.447. The van der Waals surface area contributed by atoms with Crippen LogP contribution in [-0.2, 0) is 16.2 Å². The summed E-state index contributed by atoms with van der Waals surface area (Å²) in [6.07, 6.45) is 1.55. The molecule has 30 heavy (non-hydrogen) atoms.